The second-order valence-corrected chi connectivity index (χ2v) is 9.84. The van der Waals surface area contributed by atoms with Crippen LogP contribution in [0, 0.1) is 5.82 Å². The van der Waals surface area contributed by atoms with E-state index in [4.69, 9.17) is 26.1 Å². The van der Waals surface area contributed by atoms with E-state index in [1.807, 2.05) is 19.1 Å². The molecule has 3 aliphatic heterocycles. The molecule has 2 bridgehead atoms. The Morgan fingerprint density at radius 2 is 2.24 bits per heavy atom. The van der Waals surface area contributed by atoms with Crippen molar-refractivity contribution < 1.29 is 13.9 Å². The molecule has 10 heteroatoms. The lowest BCUT2D eigenvalue weighted by molar-refractivity contribution is -0.0159. The molecule has 178 valence electrons. The smallest absolute Gasteiger partial charge is 0.169 e. The summed E-state index contributed by atoms with van der Waals surface area (Å²) in [5.74, 6) is 0.976. The van der Waals surface area contributed by atoms with E-state index in [0.29, 0.717) is 42.1 Å². The van der Waals surface area contributed by atoms with Gasteiger partial charge < -0.3 is 25.0 Å². The Hall–Kier alpha value is -2.75. The van der Waals surface area contributed by atoms with Crippen LogP contribution in [0.4, 0.5) is 21.7 Å². The number of benzene rings is 1. The molecule has 6 rings (SSSR count). The second kappa shape index (κ2) is 8.48. The molecule has 3 aromatic rings. The van der Waals surface area contributed by atoms with Gasteiger partial charge in [0.15, 0.2) is 11.6 Å². The van der Waals surface area contributed by atoms with Crippen LogP contribution in [0.1, 0.15) is 26.2 Å². The molecule has 3 aliphatic rings. The standard InChI is InChI=1S/C24H26ClFN6O2/c1-24(7-2-8-34-24)12-33-18-5-3-16(21(26)20(18)25)30-23-22-17(28-13-29-23)4-6-19(31-22)32-11-14-9-15(32)10-27-14/h3-6,13-15,27H,2,7-12H2,1H3,(H,28,29,30)/t14-,15-,24+/m0/s1. The molecule has 1 aromatic carbocycles. The minimum atomic E-state index is -0.609. The number of aromatic nitrogens is 3. The van der Waals surface area contributed by atoms with Crippen molar-refractivity contribution in [2.45, 2.75) is 43.9 Å². The van der Waals surface area contributed by atoms with Gasteiger partial charge in [0.05, 0.1) is 16.8 Å². The fourth-order valence-electron chi connectivity index (χ4n) is 5.07. The van der Waals surface area contributed by atoms with E-state index in [-0.39, 0.29) is 22.1 Å². The zero-order chi connectivity index (χ0) is 23.3. The van der Waals surface area contributed by atoms with Crippen LogP contribution in [0.2, 0.25) is 5.02 Å². The molecule has 0 unspecified atom stereocenters. The Balaban J connectivity index is 1.25. The first-order valence-electron chi connectivity index (χ1n) is 11.6. The Labute approximate surface area is 201 Å². The number of nitrogens with one attached hydrogen (secondary N) is 2. The van der Waals surface area contributed by atoms with Crippen LogP contribution in [0.3, 0.4) is 0 Å². The molecule has 0 spiro atoms. The molecule has 3 atom stereocenters. The molecule has 8 nitrogen and oxygen atoms in total. The maximum Gasteiger partial charge on any atom is 0.169 e. The highest BCUT2D eigenvalue weighted by molar-refractivity contribution is 6.32. The average molecular weight is 485 g/mol. The molecule has 2 N–H and O–H groups in total. The van der Waals surface area contributed by atoms with Gasteiger partial charge in [-0.3, -0.25) is 0 Å². The molecule has 2 aromatic heterocycles. The van der Waals surface area contributed by atoms with Gasteiger partial charge >= 0.3 is 0 Å². The van der Waals surface area contributed by atoms with E-state index < -0.39 is 5.82 Å². The van der Waals surface area contributed by atoms with Crippen LogP contribution in [-0.2, 0) is 4.74 Å². The summed E-state index contributed by atoms with van der Waals surface area (Å²) in [7, 11) is 0. The van der Waals surface area contributed by atoms with Gasteiger partial charge in [-0.05, 0) is 50.5 Å². The second-order valence-electron chi connectivity index (χ2n) is 9.46. The van der Waals surface area contributed by atoms with Crippen LogP contribution in [-0.4, -0.2) is 58.9 Å². The molecule has 3 saturated heterocycles. The Bertz CT molecular complexity index is 1240. The third kappa shape index (κ3) is 3.91. The number of pyridine rings is 1. The number of piperazine rings is 1. The van der Waals surface area contributed by atoms with Crippen LogP contribution < -0.4 is 20.3 Å². The Morgan fingerprint density at radius 3 is 3.00 bits per heavy atom. The van der Waals surface area contributed by atoms with Gasteiger partial charge in [0.2, 0.25) is 0 Å². The lowest BCUT2D eigenvalue weighted by Gasteiger charge is -2.28. The van der Waals surface area contributed by atoms with Crippen LogP contribution in [0.15, 0.2) is 30.6 Å². The molecule has 5 heterocycles. The number of rotatable bonds is 6. The number of ether oxygens (including phenoxy) is 2. The lowest BCUT2D eigenvalue weighted by atomic mass is 10.0. The van der Waals surface area contributed by atoms with Crippen molar-refractivity contribution in [1.29, 1.82) is 0 Å². The maximum absolute atomic E-state index is 15.2. The zero-order valence-electron chi connectivity index (χ0n) is 18.9. The molecule has 3 fully saturated rings. The summed E-state index contributed by atoms with van der Waals surface area (Å²) in [6.45, 7) is 4.91. The number of hydrogen-bond acceptors (Lipinski definition) is 8. The molecular weight excluding hydrogens is 459 g/mol. The van der Waals surface area contributed by atoms with E-state index in [9.17, 15) is 0 Å². The first-order chi connectivity index (χ1) is 16.5. The van der Waals surface area contributed by atoms with Gasteiger partial charge in [-0.1, -0.05) is 11.6 Å². The van der Waals surface area contributed by atoms with Crippen molar-refractivity contribution in [2.75, 3.05) is 36.5 Å². The number of nitrogens with zero attached hydrogens (tertiary/aromatic N) is 4. The minimum absolute atomic E-state index is 0.0841. The molecule has 34 heavy (non-hydrogen) atoms. The lowest BCUT2D eigenvalue weighted by Crippen LogP contribution is -2.44. The van der Waals surface area contributed by atoms with E-state index >= 15 is 4.39 Å². The van der Waals surface area contributed by atoms with Crippen molar-refractivity contribution in [3.05, 3.63) is 41.4 Å². The first-order valence-corrected chi connectivity index (χ1v) is 12.0. The Morgan fingerprint density at radius 1 is 1.32 bits per heavy atom. The SMILES string of the molecule is C[C@]1(COc2ccc(Nc3ncnc4ccc(N5C[C@@H]6C[C@H]5CN6)nc34)c(F)c2Cl)CCCO1. The summed E-state index contributed by atoms with van der Waals surface area (Å²) in [4.78, 5) is 15.8. The third-order valence-corrected chi connectivity index (χ3v) is 7.30. The van der Waals surface area contributed by atoms with Gasteiger partial charge in [-0.25, -0.2) is 19.3 Å². The van der Waals surface area contributed by atoms with Gasteiger partial charge in [0.25, 0.3) is 0 Å². The van der Waals surface area contributed by atoms with Gasteiger partial charge in [0, 0.05) is 31.8 Å². The molecule has 0 aliphatic carbocycles. The maximum atomic E-state index is 15.2. The van der Waals surface area contributed by atoms with Crippen LogP contribution >= 0.6 is 11.6 Å². The highest BCUT2D eigenvalue weighted by Gasteiger charge is 2.38. The number of fused-ring (bicyclic) bond motifs is 3. The number of anilines is 3. The summed E-state index contributed by atoms with van der Waals surface area (Å²) < 4.78 is 26.7. The van der Waals surface area contributed by atoms with Crippen molar-refractivity contribution in [3.8, 4) is 5.75 Å². The third-order valence-electron chi connectivity index (χ3n) is 6.95. The number of hydrogen-bond donors (Lipinski definition) is 2. The van der Waals surface area contributed by atoms with Crippen LogP contribution in [0.5, 0.6) is 5.75 Å². The van der Waals surface area contributed by atoms with Gasteiger partial charge in [-0.2, -0.15) is 0 Å². The summed E-state index contributed by atoms with van der Waals surface area (Å²) in [6.07, 6.45) is 4.45. The predicted molar refractivity (Wildman–Crippen MR) is 129 cm³/mol. The average Bonchev–Trinajstić information content (AvgIpc) is 3.59. The van der Waals surface area contributed by atoms with Crippen molar-refractivity contribution in [3.63, 3.8) is 0 Å². The molecule has 0 radical (unpaired) electrons. The van der Waals surface area contributed by atoms with E-state index in [1.165, 1.54) is 6.33 Å². The zero-order valence-corrected chi connectivity index (χ0v) is 19.6. The van der Waals surface area contributed by atoms with E-state index in [2.05, 4.69) is 25.5 Å². The summed E-state index contributed by atoms with van der Waals surface area (Å²) in [5, 5.41) is 6.47. The minimum Gasteiger partial charge on any atom is -0.489 e. The highest BCUT2D eigenvalue weighted by Crippen LogP contribution is 2.36. The Kier molecular flexibility index (Phi) is 5.43. The monoisotopic (exact) mass is 484 g/mol. The summed E-state index contributed by atoms with van der Waals surface area (Å²) in [5.41, 5.74) is 1.08. The highest BCUT2D eigenvalue weighted by atomic mass is 35.5. The van der Waals surface area contributed by atoms with Crippen molar-refractivity contribution in [2.24, 2.45) is 0 Å². The largest absolute Gasteiger partial charge is 0.489 e. The summed E-state index contributed by atoms with van der Waals surface area (Å²) >= 11 is 6.32. The quantitative estimate of drug-likeness (QED) is 0.542. The molecule has 0 saturated carbocycles. The first kappa shape index (κ1) is 21.8. The molecule has 0 amide bonds. The number of halogens is 2. The fraction of sp³-hybridized carbons (Fsp3) is 0.458. The van der Waals surface area contributed by atoms with Crippen molar-refractivity contribution >= 4 is 40.0 Å². The van der Waals surface area contributed by atoms with E-state index in [1.54, 1.807) is 12.1 Å². The van der Waals surface area contributed by atoms with Gasteiger partial charge in [0.1, 0.15) is 35.0 Å². The van der Waals surface area contributed by atoms with Gasteiger partial charge in [-0.15, -0.1) is 0 Å². The fourth-order valence-corrected chi connectivity index (χ4v) is 5.29. The molecular formula is C24H26ClFN6O2. The normalized spacial score (nSPS) is 25.9. The van der Waals surface area contributed by atoms with Crippen LogP contribution in [0.25, 0.3) is 11.0 Å². The predicted octanol–water partition coefficient (Wildman–Crippen LogP) is 4.06. The summed E-state index contributed by atoms with van der Waals surface area (Å²) in [6, 6.07) is 8.11. The van der Waals surface area contributed by atoms with Crippen molar-refractivity contribution in [1.82, 2.24) is 20.3 Å². The van der Waals surface area contributed by atoms with E-state index in [0.717, 1.165) is 38.2 Å². The topological polar surface area (TPSA) is 84.4 Å².